The fraction of sp³-hybridized carbons (Fsp3) is 0.211. The van der Waals surface area contributed by atoms with Gasteiger partial charge in [0.15, 0.2) is 5.78 Å². The van der Waals surface area contributed by atoms with Crippen molar-refractivity contribution < 1.29 is 14.3 Å². The zero-order valence-corrected chi connectivity index (χ0v) is 13.4. The van der Waals surface area contributed by atoms with Crippen LogP contribution in [0.1, 0.15) is 23.7 Å². The van der Waals surface area contributed by atoms with Crippen molar-refractivity contribution in [2.45, 2.75) is 13.3 Å². The molecule has 0 amide bonds. The maximum Gasteiger partial charge on any atom is 0.187 e. The van der Waals surface area contributed by atoms with Crippen LogP contribution in [0.25, 0.3) is 0 Å². The van der Waals surface area contributed by atoms with E-state index in [9.17, 15) is 4.79 Å². The zero-order valence-electron chi connectivity index (χ0n) is 13.4. The molecule has 0 heterocycles. The average molecular weight is 311 g/mol. The van der Waals surface area contributed by atoms with Crippen molar-refractivity contribution in [3.05, 3.63) is 66.4 Å². The highest BCUT2D eigenvalue weighted by molar-refractivity contribution is 6.04. The Morgan fingerprint density at radius 2 is 1.70 bits per heavy atom. The van der Waals surface area contributed by atoms with E-state index < -0.39 is 0 Å². The minimum Gasteiger partial charge on any atom is -0.497 e. The van der Waals surface area contributed by atoms with Gasteiger partial charge in [0.25, 0.3) is 0 Å². The Bertz CT molecular complexity index is 645. The lowest BCUT2D eigenvalue weighted by molar-refractivity contribution is 0.104. The number of nitrogens with one attached hydrogen (secondary N) is 1. The molecule has 23 heavy (non-hydrogen) atoms. The third-order valence-corrected chi connectivity index (χ3v) is 3.19. The molecule has 1 N–H and O–H groups in total. The molecule has 120 valence electrons. The maximum atomic E-state index is 12.0. The third-order valence-electron chi connectivity index (χ3n) is 3.19. The Morgan fingerprint density at radius 3 is 2.30 bits per heavy atom. The summed E-state index contributed by atoms with van der Waals surface area (Å²) in [6, 6.07) is 14.6. The normalized spacial score (nSPS) is 10.5. The van der Waals surface area contributed by atoms with E-state index in [1.165, 1.54) is 6.08 Å². The summed E-state index contributed by atoms with van der Waals surface area (Å²) in [7, 11) is 1.60. The molecule has 4 heteroatoms. The second-order valence-electron chi connectivity index (χ2n) is 4.94. The maximum absolute atomic E-state index is 12.0. The van der Waals surface area contributed by atoms with E-state index in [0.29, 0.717) is 12.2 Å². The summed E-state index contributed by atoms with van der Waals surface area (Å²) < 4.78 is 10.6. The van der Waals surface area contributed by atoms with E-state index in [-0.39, 0.29) is 5.78 Å². The smallest absolute Gasteiger partial charge is 0.187 e. The first-order valence-corrected chi connectivity index (χ1v) is 7.57. The highest BCUT2D eigenvalue weighted by Crippen LogP contribution is 2.16. The second kappa shape index (κ2) is 8.63. The monoisotopic (exact) mass is 311 g/mol. The lowest BCUT2D eigenvalue weighted by Crippen LogP contribution is -1.97. The van der Waals surface area contributed by atoms with Crippen molar-refractivity contribution in [1.82, 2.24) is 0 Å². The van der Waals surface area contributed by atoms with E-state index in [4.69, 9.17) is 9.47 Å². The van der Waals surface area contributed by atoms with Crippen molar-refractivity contribution in [3.8, 4) is 11.5 Å². The van der Waals surface area contributed by atoms with Gasteiger partial charge in [-0.15, -0.1) is 0 Å². The van der Waals surface area contributed by atoms with Crippen LogP contribution >= 0.6 is 0 Å². The van der Waals surface area contributed by atoms with Crippen molar-refractivity contribution in [1.29, 1.82) is 0 Å². The van der Waals surface area contributed by atoms with Gasteiger partial charge in [-0.05, 0) is 55.0 Å². The molecule has 0 aliphatic carbocycles. The fourth-order valence-corrected chi connectivity index (χ4v) is 1.93. The SMILES string of the molecule is CCCOc1ccc(NC=CC(=O)c2ccc(OC)cc2)cc1. The minimum atomic E-state index is -0.0666. The van der Waals surface area contributed by atoms with Gasteiger partial charge in [-0.3, -0.25) is 4.79 Å². The van der Waals surface area contributed by atoms with Gasteiger partial charge in [0, 0.05) is 23.5 Å². The van der Waals surface area contributed by atoms with E-state index in [1.807, 2.05) is 24.3 Å². The van der Waals surface area contributed by atoms with Crippen molar-refractivity contribution >= 4 is 11.5 Å². The summed E-state index contributed by atoms with van der Waals surface area (Å²) in [6.07, 6.45) is 4.12. The molecule has 0 fully saturated rings. The number of ether oxygens (including phenoxy) is 2. The number of hydrogen-bond donors (Lipinski definition) is 1. The molecule has 0 radical (unpaired) electrons. The second-order valence-corrected chi connectivity index (χ2v) is 4.94. The Morgan fingerprint density at radius 1 is 1.04 bits per heavy atom. The zero-order chi connectivity index (χ0) is 16.5. The number of anilines is 1. The van der Waals surface area contributed by atoms with Crippen LogP contribution in [0.3, 0.4) is 0 Å². The van der Waals surface area contributed by atoms with Gasteiger partial charge in [0.1, 0.15) is 11.5 Å². The van der Waals surface area contributed by atoms with Crippen LogP contribution in [0.2, 0.25) is 0 Å². The number of carbonyl (C=O) groups excluding carboxylic acids is 1. The van der Waals surface area contributed by atoms with Gasteiger partial charge in [-0.1, -0.05) is 6.92 Å². The number of ketones is 1. The molecule has 2 aromatic rings. The predicted octanol–water partition coefficient (Wildman–Crippen LogP) is 4.29. The highest BCUT2D eigenvalue weighted by atomic mass is 16.5. The van der Waals surface area contributed by atoms with Crippen LogP contribution in [-0.2, 0) is 0 Å². The van der Waals surface area contributed by atoms with Crippen LogP contribution in [0.5, 0.6) is 11.5 Å². The molecule has 0 atom stereocenters. The molecule has 4 nitrogen and oxygen atoms in total. The Balaban J connectivity index is 1.88. The van der Waals surface area contributed by atoms with Gasteiger partial charge in [-0.2, -0.15) is 0 Å². The molecule has 0 aromatic heterocycles. The van der Waals surface area contributed by atoms with Crippen LogP contribution in [0.4, 0.5) is 5.69 Å². The van der Waals surface area contributed by atoms with Crippen LogP contribution in [0.15, 0.2) is 60.8 Å². The van der Waals surface area contributed by atoms with Gasteiger partial charge in [-0.25, -0.2) is 0 Å². The fourth-order valence-electron chi connectivity index (χ4n) is 1.93. The summed E-state index contributed by atoms with van der Waals surface area (Å²) in [5, 5.41) is 3.07. The number of methoxy groups -OCH3 is 1. The first-order chi connectivity index (χ1) is 11.2. The molecule has 0 saturated carbocycles. The molecule has 2 rings (SSSR count). The summed E-state index contributed by atoms with van der Waals surface area (Å²) in [6.45, 7) is 2.78. The summed E-state index contributed by atoms with van der Waals surface area (Å²) in [5.41, 5.74) is 1.51. The summed E-state index contributed by atoms with van der Waals surface area (Å²) >= 11 is 0. The number of allylic oxidation sites excluding steroid dienone is 1. The number of carbonyl (C=O) groups is 1. The molecule has 0 bridgehead atoms. The molecule has 0 aliphatic rings. The predicted molar refractivity (Wildman–Crippen MR) is 92.3 cm³/mol. The van der Waals surface area contributed by atoms with E-state index in [1.54, 1.807) is 37.6 Å². The Kier molecular flexibility index (Phi) is 6.24. The molecule has 0 saturated heterocycles. The van der Waals surface area contributed by atoms with Crippen LogP contribution in [-0.4, -0.2) is 19.5 Å². The lowest BCUT2D eigenvalue weighted by atomic mass is 10.1. The van der Waals surface area contributed by atoms with Gasteiger partial charge >= 0.3 is 0 Å². The van der Waals surface area contributed by atoms with E-state index in [0.717, 1.165) is 23.6 Å². The molecule has 0 unspecified atom stereocenters. The first-order valence-electron chi connectivity index (χ1n) is 7.57. The number of hydrogen-bond acceptors (Lipinski definition) is 4. The number of benzene rings is 2. The Hall–Kier alpha value is -2.75. The molecule has 0 spiro atoms. The standard InChI is InChI=1S/C19H21NO3/c1-3-14-23-18-10-6-16(7-11-18)20-13-12-19(21)15-4-8-17(22-2)9-5-15/h4-13,20H,3,14H2,1-2H3. The lowest BCUT2D eigenvalue weighted by Gasteiger charge is -2.05. The largest absolute Gasteiger partial charge is 0.497 e. The van der Waals surface area contributed by atoms with Crippen LogP contribution in [0, 0.1) is 0 Å². The van der Waals surface area contributed by atoms with Gasteiger partial charge < -0.3 is 14.8 Å². The molecule has 2 aromatic carbocycles. The molecular weight excluding hydrogens is 290 g/mol. The van der Waals surface area contributed by atoms with Crippen molar-refractivity contribution in [2.24, 2.45) is 0 Å². The number of rotatable bonds is 8. The minimum absolute atomic E-state index is 0.0666. The van der Waals surface area contributed by atoms with E-state index in [2.05, 4.69) is 12.2 Å². The molecule has 0 aliphatic heterocycles. The summed E-state index contributed by atoms with van der Waals surface area (Å²) in [5.74, 6) is 1.51. The average Bonchev–Trinajstić information content (AvgIpc) is 2.61. The quantitative estimate of drug-likeness (QED) is 0.583. The third kappa shape index (κ3) is 5.18. The molecular formula is C19H21NO3. The summed E-state index contributed by atoms with van der Waals surface area (Å²) in [4.78, 5) is 12.0. The van der Waals surface area contributed by atoms with Crippen molar-refractivity contribution in [3.63, 3.8) is 0 Å². The topological polar surface area (TPSA) is 47.6 Å². The van der Waals surface area contributed by atoms with E-state index >= 15 is 0 Å². The van der Waals surface area contributed by atoms with Crippen LogP contribution < -0.4 is 14.8 Å². The van der Waals surface area contributed by atoms with Crippen molar-refractivity contribution in [2.75, 3.05) is 19.0 Å². The van der Waals surface area contributed by atoms with Gasteiger partial charge in [0.05, 0.1) is 13.7 Å². The van der Waals surface area contributed by atoms with Gasteiger partial charge in [0.2, 0.25) is 0 Å². The Labute approximate surface area is 136 Å². The first kappa shape index (κ1) is 16.6. The highest BCUT2D eigenvalue weighted by Gasteiger charge is 2.01.